The van der Waals surface area contributed by atoms with Crippen molar-refractivity contribution in [2.45, 2.75) is 12.0 Å². The number of hydrogen-bond acceptors (Lipinski definition) is 5. The highest BCUT2D eigenvalue weighted by Crippen LogP contribution is 2.43. The summed E-state index contributed by atoms with van der Waals surface area (Å²) in [5, 5.41) is 0. The number of aryl methyl sites for hydroxylation is 1. The first kappa shape index (κ1) is 19.7. The number of benzene rings is 2. The summed E-state index contributed by atoms with van der Waals surface area (Å²) in [6.45, 7) is 1.01. The van der Waals surface area contributed by atoms with E-state index < -0.39 is 17.7 Å². The van der Waals surface area contributed by atoms with Gasteiger partial charge in [-0.2, -0.15) is 0 Å². The lowest BCUT2D eigenvalue weighted by atomic mass is 9.78. The average Bonchev–Trinajstić information content (AvgIpc) is 3.33. The third-order valence-corrected chi connectivity index (χ3v) is 6.22. The quantitative estimate of drug-likeness (QED) is 0.588. The molecule has 3 N–H and O–H groups in total. The van der Waals surface area contributed by atoms with Crippen LogP contribution in [0.5, 0.6) is 11.5 Å². The fourth-order valence-corrected chi connectivity index (χ4v) is 4.58. The van der Waals surface area contributed by atoms with Gasteiger partial charge in [-0.3, -0.25) is 14.8 Å². The van der Waals surface area contributed by atoms with Crippen LogP contribution in [-0.2, 0) is 11.8 Å². The number of amides is 1. The van der Waals surface area contributed by atoms with Crippen molar-refractivity contribution in [1.29, 1.82) is 0 Å². The second kappa shape index (κ2) is 7.17. The molecule has 2 aromatic carbocycles. The van der Waals surface area contributed by atoms with E-state index in [1.807, 2.05) is 6.07 Å². The highest BCUT2D eigenvalue weighted by molar-refractivity contribution is 5.86. The standard InChI is InChI=1S/C21H21F2N5O3/c1-27-9-13(12-8-24-26-17(12)20(27)29)11-4-5-15-18(25-21(30)28(15)2)19(11)31-16-6-3-10(22)7-14(16)23/h3-7,12-13,17,24,26H,8-9H2,1-2H3,(H,25,30). The number of hydrogen-bond donors (Lipinski definition) is 3. The maximum absolute atomic E-state index is 14.4. The molecule has 3 heterocycles. The normalized spacial score (nSPS) is 23.4. The number of likely N-dealkylation sites (tertiary alicyclic amines) is 1. The van der Waals surface area contributed by atoms with Crippen LogP contribution in [0.3, 0.4) is 0 Å². The van der Waals surface area contributed by atoms with Crippen LogP contribution in [0.4, 0.5) is 8.78 Å². The van der Waals surface area contributed by atoms with Crippen LogP contribution in [0.15, 0.2) is 35.1 Å². The molecule has 3 unspecified atom stereocenters. The van der Waals surface area contributed by atoms with Gasteiger partial charge in [-0.05, 0) is 18.2 Å². The first-order valence-electron chi connectivity index (χ1n) is 9.93. The number of hydrazine groups is 1. The molecule has 0 radical (unpaired) electrons. The van der Waals surface area contributed by atoms with Gasteiger partial charge in [-0.1, -0.05) is 6.07 Å². The third-order valence-electron chi connectivity index (χ3n) is 6.22. The Morgan fingerprint density at radius 1 is 1.13 bits per heavy atom. The summed E-state index contributed by atoms with van der Waals surface area (Å²) >= 11 is 0. The summed E-state index contributed by atoms with van der Waals surface area (Å²) in [7, 11) is 3.35. The Hall–Kier alpha value is -3.24. The Labute approximate surface area is 175 Å². The zero-order valence-electron chi connectivity index (χ0n) is 16.9. The third kappa shape index (κ3) is 3.10. The number of halogens is 2. The number of ether oxygens (including phenoxy) is 1. The predicted octanol–water partition coefficient (Wildman–Crippen LogP) is 1.59. The van der Waals surface area contributed by atoms with Gasteiger partial charge in [0.1, 0.15) is 17.4 Å². The number of H-pyrrole nitrogens is 1. The monoisotopic (exact) mass is 429 g/mol. The molecule has 2 aliphatic heterocycles. The van der Waals surface area contributed by atoms with Crippen molar-refractivity contribution in [3.8, 4) is 11.5 Å². The molecule has 0 aliphatic carbocycles. The number of imidazole rings is 1. The number of nitrogens with one attached hydrogen (secondary N) is 3. The topological polar surface area (TPSA) is 91.4 Å². The van der Waals surface area contributed by atoms with Gasteiger partial charge in [0, 0.05) is 50.7 Å². The van der Waals surface area contributed by atoms with Gasteiger partial charge in [0.25, 0.3) is 0 Å². The van der Waals surface area contributed by atoms with Crippen molar-refractivity contribution in [2.75, 3.05) is 20.1 Å². The number of likely N-dealkylation sites (N-methyl/N-ethyl adjacent to an activating group) is 1. The Morgan fingerprint density at radius 2 is 1.94 bits per heavy atom. The van der Waals surface area contributed by atoms with Crippen molar-refractivity contribution in [3.05, 3.63) is 58.0 Å². The molecule has 1 amide bonds. The number of carbonyl (C=O) groups excluding carboxylic acids is 1. The molecule has 2 fully saturated rings. The first-order chi connectivity index (χ1) is 14.8. The van der Waals surface area contributed by atoms with Gasteiger partial charge in [0.05, 0.1) is 5.52 Å². The lowest BCUT2D eigenvalue weighted by molar-refractivity contribution is -0.136. The highest BCUT2D eigenvalue weighted by Gasteiger charge is 2.45. The number of fused-ring (bicyclic) bond motifs is 2. The van der Waals surface area contributed by atoms with Crippen LogP contribution in [0.1, 0.15) is 11.5 Å². The summed E-state index contributed by atoms with van der Waals surface area (Å²) < 4.78 is 35.2. The summed E-state index contributed by atoms with van der Waals surface area (Å²) in [5.41, 5.74) is 7.48. The Kier molecular flexibility index (Phi) is 4.56. The number of rotatable bonds is 3. The maximum atomic E-state index is 14.4. The summed E-state index contributed by atoms with van der Waals surface area (Å²) in [5.74, 6) is -1.63. The van der Waals surface area contributed by atoms with Crippen LogP contribution in [-0.4, -0.2) is 46.5 Å². The largest absolute Gasteiger partial charge is 0.452 e. The van der Waals surface area contributed by atoms with E-state index >= 15 is 0 Å². The minimum Gasteiger partial charge on any atom is -0.452 e. The van der Waals surface area contributed by atoms with E-state index in [-0.39, 0.29) is 29.2 Å². The molecule has 162 valence electrons. The molecular weight excluding hydrogens is 408 g/mol. The maximum Gasteiger partial charge on any atom is 0.326 e. The number of nitrogens with zero attached hydrogens (tertiary/aromatic N) is 2. The van der Waals surface area contributed by atoms with E-state index in [4.69, 9.17) is 4.74 Å². The molecule has 3 aromatic rings. The van der Waals surface area contributed by atoms with E-state index in [9.17, 15) is 18.4 Å². The average molecular weight is 429 g/mol. The molecule has 2 aliphatic rings. The summed E-state index contributed by atoms with van der Waals surface area (Å²) in [6.07, 6.45) is 0. The van der Waals surface area contributed by atoms with Crippen molar-refractivity contribution in [1.82, 2.24) is 25.3 Å². The molecule has 2 saturated heterocycles. The van der Waals surface area contributed by atoms with Crippen molar-refractivity contribution in [3.63, 3.8) is 0 Å². The molecule has 31 heavy (non-hydrogen) atoms. The van der Waals surface area contributed by atoms with Gasteiger partial charge in [-0.25, -0.2) is 19.0 Å². The molecule has 3 atom stereocenters. The van der Waals surface area contributed by atoms with Gasteiger partial charge >= 0.3 is 5.69 Å². The van der Waals surface area contributed by atoms with Crippen LogP contribution in [0.25, 0.3) is 11.0 Å². The zero-order chi connectivity index (χ0) is 21.9. The highest BCUT2D eigenvalue weighted by atomic mass is 19.1. The van der Waals surface area contributed by atoms with E-state index in [1.165, 1.54) is 10.6 Å². The van der Waals surface area contributed by atoms with Crippen molar-refractivity contribution < 1.29 is 18.3 Å². The summed E-state index contributed by atoms with van der Waals surface area (Å²) in [6, 6.07) is 6.32. The number of piperidine rings is 1. The molecule has 5 rings (SSSR count). The fourth-order valence-electron chi connectivity index (χ4n) is 4.58. The van der Waals surface area contributed by atoms with Crippen molar-refractivity contribution >= 4 is 16.9 Å². The summed E-state index contributed by atoms with van der Waals surface area (Å²) in [4.78, 5) is 29.3. The second-order valence-corrected chi connectivity index (χ2v) is 8.04. The van der Waals surface area contributed by atoms with Crippen LogP contribution in [0, 0.1) is 17.6 Å². The van der Waals surface area contributed by atoms with Crippen LogP contribution < -0.4 is 21.3 Å². The van der Waals surface area contributed by atoms with Gasteiger partial charge < -0.3 is 14.6 Å². The molecule has 0 saturated carbocycles. The predicted molar refractivity (Wildman–Crippen MR) is 109 cm³/mol. The minimum atomic E-state index is -0.848. The SMILES string of the molecule is CN1CC(c2ccc3c([nH]c(=O)n3C)c2Oc2ccc(F)cc2F)C2CNNC2C1=O. The molecule has 0 spiro atoms. The molecule has 0 bridgehead atoms. The van der Waals surface area contributed by atoms with E-state index in [0.29, 0.717) is 29.9 Å². The van der Waals surface area contributed by atoms with Crippen LogP contribution in [0.2, 0.25) is 0 Å². The lowest BCUT2D eigenvalue weighted by Crippen LogP contribution is -2.53. The first-order valence-corrected chi connectivity index (χ1v) is 9.93. The number of aromatic amines is 1. The van der Waals surface area contributed by atoms with Gasteiger partial charge in [-0.15, -0.1) is 0 Å². The Bertz CT molecular complexity index is 1250. The van der Waals surface area contributed by atoms with E-state index in [1.54, 1.807) is 25.1 Å². The molecular formula is C21H21F2N5O3. The van der Waals surface area contributed by atoms with Gasteiger partial charge in [0.15, 0.2) is 17.3 Å². The van der Waals surface area contributed by atoms with E-state index in [0.717, 1.165) is 17.7 Å². The molecule has 10 heteroatoms. The Balaban J connectivity index is 1.68. The minimum absolute atomic E-state index is 0.00695. The van der Waals surface area contributed by atoms with E-state index in [2.05, 4.69) is 15.8 Å². The Morgan fingerprint density at radius 3 is 2.71 bits per heavy atom. The molecule has 1 aromatic heterocycles. The second-order valence-electron chi connectivity index (χ2n) is 8.04. The van der Waals surface area contributed by atoms with Crippen LogP contribution >= 0.6 is 0 Å². The smallest absolute Gasteiger partial charge is 0.326 e. The number of aromatic nitrogens is 2. The molecule has 8 nitrogen and oxygen atoms in total. The lowest BCUT2D eigenvalue weighted by Gasteiger charge is -2.38. The zero-order valence-corrected chi connectivity index (χ0v) is 16.9. The van der Waals surface area contributed by atoms with Gasteiger partial charge in [0.2, 0.25) is 5.91 Å². The fraction of sp³-hybridized carbons (Fsp3) is 0.333. The van der Waals surface area contributed by atoms with Crippen molar-refractivity contribution in [2.24, 2.45) is 13.0 Å². The number of carbonyl (C=O) groups is 1.